The van der Waals surface area contributed by atoms with Crippen LogP contribution in [-0.4, -0.2) is 40.6 Å². The van der Waals surface area contributed by atoms with E-state index in [4.69, 9.17) is 5.11 Å². The molecule has 2 amide bonds. The highest BCUT2D eigenvalue weighted by molar-refractivity contribution is 5.83. The summed E-state index contributed by atoms with van der Waals surface area (Å²) in [7, 11) is 0. The minimum Gasteiger partial charge on any atom is -0.480 e. The van der Waals surface area contributed by atoms with Gasteiger partial charge in [-0.15, -0.1) is 0 Å². The van der Waals surface area contributed by atoms with Crippen molar-refractivity contribution in [1.82, 2.24) is 10.2 Å². The first-order valence-corrected chi connectivity index (χ1v) is 6.89. The lowest BCUT2D eigenvalue weighted by Gasteiger charge is -2.26. The maximum Gasteiger partial charge on any atom is 0.326 e. The Labute approximate surface area is 108 Å². The number of carboxylic acid groups (broad SMARTS) is 1. The molecular formula is C13H22N2O3. The highest BCUT2D eigenvalue weighted by atomic mass is 16.4. The van der Waals surface area contributed by atoms with E-state index in [0.29, 0.717) is 18.9 Å². The highest BCUT2D eigenvalue weighted by Gasteiger charge is 2.35. The number of nitrogens with one attached hydrogen (secondary N) is 1. The standard InChI is InChI=1S/C13H22N2O3/c1-9(10-5-2-3-6-10)14-13(18)15-8-4-7-11(15)12(16)17/h9-11H,2-8H2,1H3,(H,14,18)(H,16,17). The van der Waals surface area contributed by atoms with E-state index in [-0.39, 0.29) is 12.1 Å². The van der Waals surface area contributed by atoms with Crippen molar-refractivity contribution in [3.63, 3.8) is 0 Å². The van der Waals surface area contributed by atoms with Crippen LogP contribution >= 0.6 is 0 Å². The summed E-state index contributed by atoms with van der Waals surface area (Å²) in [5.41, 5.74) is 0. The van der Waals surface area contributed by atoms with E-state index >= 15 is 0 Å². The summed E-state index contributed by atoms with van der Waals surface area (Å²) in [6.45, 7) is 2.58. The van der Waals surface area contributed by atoms with Crippen LogP contribution in [0.3, 0.4) is 0 Å². The molecule has 0 radical (unpaired) electrons. The normalized spacial score (nSPS) is 26.3. The second kappa shape index (κ2) is 5.59. The number of rotatable bonds is 3. The van der Waals surface area contributed by atoms with Crippen LogP contribution in [0.5, 0.6) is 0 Å². The van der Waals surface area contributed by atoms with Gasteiger partial charge in [0.1, 0.15) is 6.04 Å². The second-order valence-electron chi connectivity index (χ2n) is 5.47. The molecular weight excluding hydrogens is 232 g/mol. The van der Waals surface area contributed by atoms with E-state index in [1.54, 1.807) is 0 Å². The smallest absolute Gasteiger partial charge is 0.326 e. The van der Waals surface area contributed by atoms with Crippen molar-refractivity contribution in [3.8, 4) is 0 Å². The largest absolute Gasteiger partial charge is 0.480 e. The molecule has 5 heteroatoms. The van der Waals surface area contributed by atoms with Crippen molar-refractivity contribution in [2.45, 2.75) is 57.5 Å². The SMILES string of the molecule is CC(NC(=O)N1CCCC1C(=O)O)C1CCCC1. The van der Waals surface area contributed by atoms with Gasteiger partial charge < -0.3 is 15.3 Å². The predicted molar refractivity (Wildman–Crippen MR) is 67.3 cm³/mol. The average molecular weight is 254 g/mol. The van der Waals surface area contributed by atoms with Crippen LogP contribution < -0.4 is 5.32 Å². The van der Waals surface area contributed by atoms with E-state index in [0.717, 1.165) is 6.42 Å². The molecule has 1 saturated heterocycles. The third-order valence-electron chi connectivity index (χ3n) is 4.26. The van der Waals surface area contributed by atoms with E-state index in [1.807, 2.05) is 6.92 Å². The Morgan fingerprint density at radius 1 is 1.22 bits per heavy atom. The first-order chi connectivity index (χ1) is 8.59. The van der Waals surface area contributed by atoms with Crippen LogP contribution in [0.4, 0.5) is 4.79 Å². The zero-order valence-electron chi connectivity index (χ0n) is 10.9. The van der Waals surface area contributed by atoms with Gasteiger partial charge in [-0.2, -0.15) is 0 Å². The van der Waals surface area contributed by atoms with Crippen molar-refractivity contribution in [2.75, 3.05) is 6.54 Å². The van der Waals surface area contributed by atoms with Crippen LogP contribution in [0.25, 0.3) is 0 Å². The minimum atomic E-state index is -0.892. The van der Waals surface area contributed by atoms with Crippen molar-refractivity contribution in [2.24, 2.45) is 5.92 Å². The molecule has 1 aliphatic heterocycles. The molecule has 1 saturated carbocycles. The van der Waals surface area contributed by atoms with Gasteiger partial charge in [-0.3, -0.25) is 0 Å². The number of urea groups is 1. The van der Waals surface area contributed by atoms with Gasteiger partial charge in [0.2, 0.25) is 0 Å². The molecule has 1 heterocycles. The summed E-state index contributed by atoms with van der Waals surface area (Å²) in [6, 6.07) is -0.699. The quantitative estimate of drug-likeness (QED) is 0.807. The molecule has 0 aromatic carbocycles. The Balaban J connectivity index is 1.88. The molecule has 0 aromatic rings. The molecule has 5 nitrogen and oxygen atoms in total. The minimum absolute atomic E-state index is 0.148. The number of likely N-dealkylation sites (tertiary alicyclic amines) is 1. The first-order valence-electron chi connectivity index (χ1n) is 6.89. The van der Waals surface area contributed by atoms with Gasteiger partial charge in [-0.1, -0.05) is 12.8 Å². The Morgan fingerprint density at radius 3 is 2.50 bits per heavy atom. The van der Waals surface area contributed by atoms with Crippen molar-refractivity contribution in [1.29, 1.82) is 0 Å². The van der Waals surface area contributed by atoms with Gasteiger partial charge in [0.05, 0.1) is 0 Å². The summed E-state index contributed by atoms with van der Waals surface area (Å²) in [5.74, 6) is -0.337. The molecule has 0 aromatic heterocycles. The van der Waals surface area contributed by atoms with Gasteiger partial charge in [-0.05, 0) is 38.5 Å². The third-order valence-corrected chi connectivity index (χ3v) is 4.26. The third kappa shape index (κ3) is 2.76. The number of carboxylic acids is 1. The molecule has 2 fully saturated rings. The summed E-state index contributed by atoms with van der Waals surface area (Å²) < 4.78 is 0. The first kappa shape index (κ1) is 13.2. The molecule has 0 bridgehead atoms. The van der Waals surface area contributed by atoms with Gasteiger partial charge in [-0.25, -0.2) is 9.59 Å². The number of hydrogen-bond donors (Lipinski definition) is 2. The van der Waals surface area contributed by atoms with Crippen LogP contribution in [0.1, 0.15) is 45.4 Å². The Hall–Kier alpha value is -1.26. The van der Waals surface area contributed by atoms with Gasteiger partial charge in [0, 0.05) is 12.6 Å². The zero-order chi connectivity index (χ0) is 13.1. The maximum atomic E-state index is 12.1. The molecule has 2 aliphatic rings. The Kier molecular flexibility index (Phi) is 4.09. The predicted octanol–water partition coefficient (Wildman–Crippen LogP) is 1.82. The summed E-state index contributed by atoms with van der Waals surface area (Å²) in [6.07, 6.45) is 6.18. The fourth-order valence-corrected chi connectivity index (χ4v) is 3.12. The van der Waals surface area contributed by atoms with E-state index in [2.05, 4.69) is 5.32 Å². The Bertz CT molecular complexity index is 326. The zero-order valence-corrected chi connectivity index (χ0v) is 10.9. The molecule has 102 valence electrons. The monoisotopic (exact) mass is 254 g/mol. The number of carbonyl (C=O) groups excluding carboxylic acids is 1. The van der Waals surface area contributed by atoms with Gasteiger partial charge >= 0.3 is 12.0 Å². The van der Waals surface area contributed by atoms with Crippen LogP contribution in [0, 0.1) is 5.92 Å². The second-order valence-corrected chi connectivity index (χ2v) is 5.47. The Morgan fingerprint density at radius 2 is 1.89 bits per heavy atom. The maximum absolute atomic E-state index is 12.1. The van der Waals surface area contributed by atoms with Crippen LogP contribution in [-0.2, 0) is 4.79 Å². The summed E-state index contributed by atoms with van der Waals surface area (Å²) in [5, 5.41) is 12.0. The molecule has 2 rings (SSSR count). The lowest BCUT2D eigenvalue weighted by molar-refractivity contribution is -0.141. The van der Waals surface area contributed by atoms with E-state index in [9.17, 15) is 9.59 Å². The molecule has 2 N–H and O–H groups in total. The van der Waals surface area contributed by atoms with Crippen LogP contribution in [0.2, 0.25) is 0 Å². The summed E-state index contributed by atoms with van der Waals surface area (Å²) >= 11 is 0. The summed E-state index contributed by atoms with van der Waals surface area (Å²) in [4.78, 5) is 24.6. The molecule has 0 spiro atoms. The number of carbonyl (C=O) groups is 2. The van der Waals surface area contributed by atoms with Crippen LogP contribution in [0.15, 0.2) is 0 Å². The van der Waals surface area contributed by atoms with Crippen molar-refractivity contribution >= 4 is 12.0 Å². The number of amides is 2. The number of nitrogens with zero attached hydrogens (tertiary/aromatic N) is 1. The fraction of sp³-hybridized carbons (Fsp3) is 0.846. The van der Waals surface area contributed by atoms with Crippen molar-refractivity contribution in [3.05, 3.63) is 0 Å². The van der Waals surface area contributed by atoms with Gasteiger partial charge in [0.25, 0.3) is 0 Å². The lowest BCUT2D eigenvalue weighted by atomic mass is 10.00. The average Bonchev–Trinajstić information content (AvgIpc) is 3.00. The fourth-order valence-electron chi connectivity index (χ4n) is 3.12. The number of hydrogen-bond acceptors (Lipinski definition) is 2. The topological polar surface area (TPSA) is 69.6 Å². The molecule has 2 atom stereocenters. The lowest BCUT2D eigenvalue weighted by Crippen LogP contribution is -2.49. The number of aliphatic carboxylic acids is 1. The highest BCUT2D eigenvalue weighted by Crippen LogP contribution is 2.28. The molecule has 1 aliphatic carbocycles. The van der Waals surface area contributed by atoms with Crippen molar-refractivity contribution < 1.29 is 14.7 Å². The van der Waals surface area contributed by atoms with E-state index < -0.39 is 12.0 Å². The molecule has 2 unspecified atom stereocenters. The van der Waals surface area contributed by atoms with E-state index in [1.165, 1.54) is 30.6 Å². The molecule has 18 heavy (non-hydrogen) atoms. The van der Waals surface area contributed by atoms with Gasteiger partial charge in [0.15, 0.2) is 0 Å².